The molecule has 20 heavy (non-hydrogen) atoms. The fourth-order valence-electron chi connectivity index (χ4n) is 2.31. The van der Waals surface area contributed by atoms with Crippen LogP contribution in [0.1, 0.15) is 30.9 Å². The van der Waals surface area contributed by atoms with Gasteiger partial charge in [-0.3, -0.25) is 0 Å². The molecule has 1 aromatic rings. The first kappa shape index (κ1) is 15.8. The Morgan fingerprint density at radius 1 is 1.45 bits per heavy atom. The zero-order valence-electron chi connectivity index (χ0n) is 11.1. The quantitative estimate of drug-likeness (QED) is 0.784. The van der Waals surface area contributed by atoms with Crippen LogP contribution in [0.15, 0.2) is 22.7 Å². The first-order valence-corrected chi connectivity index (χ1v) is 9.13. The Labute approximate surface area is 128 Å². The van der Waals surface area contributed by atoms with Crippen molar-refractivity contribution >= 4 is 26.0 Å². The van der Waals surface area contributed by atoms with E-state index >= 15 is 0 Å². The molecule has 3 N–H and O–H groups in total. The summed E-state index contributed by atoms with van der Waals surface area (Å²) in [4.78, 5) is 0. The number of ether oxygens (including phenoxy) is 1. The van der Waals surface area contributed by atoms with Gasteiger partial charge in [-0.05, 0) is 37.9 Å². The summed E-state index contributed by atoms with van der Waals surface area (Å²) in [6, 6.07) is 6.20. The number of fused-ring (bicyclic) bond motifs is 1. The second-order valence-corrected chi connectivity index (χ2v) is 7.55. The summed E-state index contributed by atoms with van der Waals surface area (Å²) < 4.78 is 28.5. The van der Waals surface area contributed by atoms with Gasteiger partial charge < -0.3 is 10.1 Å². The highest BCUT2D eigenvalue weighted by Crippen LogP contribution is 2.33. The molecule has 7 heteroatoms. The minimum absolute atomic E-state index is 0.0103. The minimum atomic E-state index is -3.37. The predicted octanol–water partition coefficient (Wildman–Crippen LogP) is 1.93. The number of hydrogen-bond donors (Lipinski definition) is 2. The summed E-state index contributed by atoms with van der Waals surface area (Å²) in [6.45, 7) is 1.33. The summed E-state index contributed by atoms with van der Waals surface area (Å²) >= 11 is 3.44. The van der Waals surface area contributed by atoms with E-state index in [1.807, 2.05) is 18.2 Å². The van der Waals surface area contributed by atoms with Crippen molar-refractivity contribution in [2.24, 2.45) is 5.14 Å². The van der Waals surface area contributed by atoms with E-state index in [1.165, 1.54) is 0 Å². The van der Waals surface area contributed by atoms with Gasteiger partial charge in [-0.2, -0.15) is 0 Å². The zero-order chi connectivity index (χ0) is 14.6. The van der Waals surface area contributed by atoms with Crippen molar-refractivity contribution < 1.29 is 13.2 Å². The molecule has 0 fully saturated rings. The predicted molar refractivity (Wildman–Crippen MR) is 82.2 cm³/mol. The van der Waals surface area contributed by atoms with E-state index in [-0.39, 0.29) is 11.8 Å². The Morgan fingerprint density at radius 2 is 2.25 bits per heavy atom. The first-order valence-electron chi connectivity index (χ1n) is 6.62. The van der Waals surface area contributed by atoms with Gasteiger partial charge in [0.1, 0.15) is 5.75 Å². The molecule has 1 aromatic carbocycles. The molecule has 1 aliphatic rings. The van der Waals surface area contributed by atoms with Gasteiger partial charge in [0.25, 0.3) is 0 Å². The standard InChI is InChI=1S/C13H19BrN2O3S/c14-10-4-5-11-12(3-1-7-19-13(11)9-10)16-6-2-8-20(15,17)18/h4-5,9,12,16H,1-3,6-8H2,(H2,15,17,18). The van der Waals surface area contributed by atoms with Crippen LogP contribution in [0, 0.1) is 0 Å². The monoisotopic (exact) mass is 362 g/mol. The molecule has 1 unspecified atom stereocenters. The second-order valence-electron chi connectivity index (χ2n) is 4.90. The van der Waals surface area contributed by atoms with E-state index in [0.717, 1.165) is 28.6 Å². The van der Waals surface area contributed by atoms with Gasteiger partial charge in [-0.1, -0.05) is 22.0 Å². The average molecular weight is 363 g/mol. The summed E-state index contributed by atoms with van der Waals surface area (Å²) in [6.07, 6.45) is 2.46. The molecule has 0 bridgehead atoms. The van der Waals surface area contributed by atoms with Crippen LogP contribution in [0.2, 0.25) is 0 Å². The molecule has 0 saturated heterocycles. The molecule has 5 nitrogen and oxygen atoms in total. The Kier molecular flexibility index (Phi) is 5.42. The number of hydrogen-bond acceptors (Lipinski definition) is 4. The fourth-order valence-corrected chi connectivity index (χ4v) is 3.19. The number of nitrogens with two attached hydrogens (primary N) is 1. The van der Waals surface area contributed by atoms with Crippen molar-refractivity contribution in [3.05, 3.63) is 28.2 Å². The van der Waals surface area contributed by atoms with Crippen molar-refractivity contribution in [1.82, 2.24) is 5.32 Å². The summed E-state index contributed by atoms with van der Waals surface area (Å²) in [5.41, 5.74) is 1.13. The molecule has 1 heterocycles. The molecule has 112 valence electrons. The summed E-state index contributed by atoms with van der Waals surface area (Å²) in [5.74, 6) is 0.900. The summed E-state index contributed by atoms with van der Waals surface area (Å²) in [7, 11) is -3.37. The molecule has 0 aromatic heterocycles. The van der Waals surface area contributed by atoms with Crippen LogP contribution in [0.3, 0.4) is 0 Å². The lowest BCUT2D eigenvalue weighted by Crippen LogP contribution is -2.25. The van der Waals surface area contributed by atoms with E-state index in [1.54, 1.807) is 0 Å². The molecule has 0 amide bonds. The number of primary sulfonamides is 1. The second kappa shape index (κ2) is 6.89. The highest BCUT2D eigenvalue weighted by molar-refractivity contribution is 9.10. The van der Waals surface area contributed by atoms with E-state index in [4.69, 9.17) is 9.88 Å². The van der Waals surface area contributed by atoms with Gasteiger partial charge in [0.2, 0.25) is 10.0 Å². The number of rotatable bonds is 5. The molecule has 1 atom stereocenters. The zero-order valence-corrected chi connectivity index (χ0v) is 13.5. The number of benzene rings is 1. The highest BCUT2D eigenvalue weighted by Gasteiger charge is 2.19. The van der Waals surface area contributed by atoms with Crippen LogP contribution in [0.4, 0.5) is 0 Å². The van der Waals surface area contributed by atoms with Crippen LogP contribution in [-0.2, 0) is 10.0 Å². The van der Waals surface area contributed by atoms with Gasteiger partial charge in [0.15, 0.2) is 0 Å². The van der Waals surface area contributed by atoms with Crippen molar-refractivity contribution in [2.75, 3.05) is 18.9 Å². The van der Waals surface area contributed by atoms with Crippen molar-refractivity contribution in [1.29, 1.82) is 0 Å². The van der Waals surface area contributed by atoms with Gasteiger partial charge >= 0.3 is 0 Å². The number of sulfonamides is 1. The van der Waals surface area contributed by atoms with Crippen molar-refractivity contribution in [3.63, 3.8) is 0 Å². The Hall–Kier alpha value is -0.630. The molecule has 0 saturated carbocycles. The highest BCUT2D eigenvalue weighted by atomic mass is 79.9. The van der Waals surface area contributed by atoms with E-state index in [9.17, 15) is 8.42 Å². The largest absolute Gasteiger partial charge is 0.493 e. The molecule has 1 aliphatic heterocycles. The first-order chi connectivity index (χ1) is 9.46. The molecule has 0 aliphatic carbocycles. The Bertz CT molecular complexity index is 563. The van der Waals surface area contributed by atoms with Crippen molar-refractivity contribution in [2.45, 2.75) is 25.3 Å². The lowest BCUT2D eigenvalue weighted by atomic mass is 10.0. The minimum Gasteiger partial charge on any atom is -0.493 e. The van der Waals surface area contributed by atoms with Gasteiger partial charge in [0, 0.05) is 16.1 Å². The SMILES string of the molecule is NS(=O)(=O)CCCNC1CCCOc2cc(Br)ccc21. The maximum atomic E-state index is 10.9. The topological polar surface area (TPSA) is 81.4 Å². The third-order valence-electron chi connectivity index (χ3n) is 3.24. The molecule has 0 radical (unpaired) electrons. The Balaban J connectivity index is 1.98. The molecular formula is C13H19BrN2O3S. The van der Waals surface area contributed by atoms with Crippen LogP contribution < -0.4 is 15.2 Å². The Morgan fingerprint density at radius 3 is 3.00 bits per heavy atom. The normalized spacial score (nSPS) is 19.0. The van der Waals surface area contributed by atoms with E-state index < -0.39 is 10.0 Å². The van der Waals surface area contributed by atoms with Crippen LogP contribution in [-0.4, -0.2) is 27.3 Å². The van der Waals surface area contributed by atoms with Crippen molar-refractivity contribution in [3.8, 4) is 5.75 Å². The summed E-state index contributed by atoms with van der Waals surface area (Å²) in [5, 5.41) is 8.39. The molecule has 0 spiro atoms. The van der Waals surface area contributed by atoms with Crippen LogP contribution >= 0.6 is 15.9 Å². The van der Waals surface area contributed by atoms with E-state index in [2.05, 4.69) is 21.2 Å². The molecular weight excluding hydrogens is 344 g/mol. The fraction of sp³-hybridized carbons (Fsp3) is 0.538. The van der Waals surface area contributed by atoms with Gasteiger partial charge in [0.05, 0.1) is 12.4 Å². The average Bonchev–Trinajstić information content (AvgIpc) is 2.55. The van der Waals surface area contributed by atoms with Gasteiger partial charge in [-0.15, -0.1) is 0 Å². The third kappa shape index (κ3) is 4.73. The third-order valence-corrected chi connectivity index (χ3v) is 4.59. The maximum Gasteiger partial charge on any atom is 0.209 e. The van der Waals surface area contributed by atoms with E-state index in [0.29, 0.717) is 19.6 Å². The van der Waals surface area contributed by atoms with Gasteiger partial charge in [-0.25, -0.2) is 13.6 Å². The lowest BCUT2D eigenvalue weighted by Gasteiger charge is -2.18. The number of nitrogens with one attached hydrogen (secondary N) is 1. The smallest absolute Gasteiger partial charge is 0.209 e. The maximum absolute atomic E-state index is 10.9. The molecule has 2 rings (SSSR count). The van der Waals surface area contributed by atoms with Crippen LogP contribution in [0.5, 0.6) is 5.75 Å². The van der Waals surface area contributed by atoms with Crippen LogP contribution in [0.25, 0.3) is 0 Å². The number of halogens is 1. The lowest BCUT2D eigenvalue weighted by molar-refractivity contribution is 0.315.